The molecule has 26 heavy (non-hydrogen) atoms. The predicted octanol–water partition coefficient (Wildman–Crippen LogP) is 2.02. The summed E-state index contributed by atoms with van der Waals surface area (Å²) in [4.78, 5) is 22.7. The van der Waals surface area contributed by atoms with Crippen molar-refractivity contribution in [1.29, 1.82) is 0 Å². The Morgan fingerprint density at radius 2 is 1.88 bits per heavy atom. The second kappa shape index (κ2) is 9.60. The Morgan fingerprint density at radius 3 is 2.54 bits per heavy atom. The average Bonchev–Trinajstić information content (AvgIpc) is 2.63. The molecule has 0 saturated carbocycles. The van der Waals surface area contributed by atoms with Gasteiger partial charge in [0.05, 0.1) is 7.11 Å². The molecule has 2 N–H and O–H groups in total. The van der Waals surface area contributed by atoms with Crippen LogP contribution >= 0.6 is 0 Å². The van der Waals surface area contributed by atoms with Crippen LogP contribution < -0.4 is 20.3 Å². The first-order chi connectivity index (χ1) is 12.5. The Balaban J connectivity index is 1.69. The lowest BCUT2D eigenvalue weighted by Crippen LogP contribution is -2.29. The number of carbonyl (C=O) groups excluding carboxylic acids is 1. The summed E-state index contributed by atoms with van der Waals surface area (Å²) in [5.41, 5.74) is 2.01. The molecule has 140 valence electrons. The van der Waals surface area contributed by atoms with Gasteiger partial charge >= 0.3 is 0 Å². The molecule has 7 heteroatoms. The van der Waals surface area contributed by atoms with Crippen LogP contribution in [-0.2, 0) is 11.2 Å². The summed E-state index contributed by atoms with van der Waals surface area (Å²) in [5.74, 6) is 2.27. The molecule has 0 atom stereocenters. The van der Waals surface area contributed by atoms with Gasteiger partial charge in [-0.25, -0.2) is 4.98 Å². The third kappa shape index (κ3) is 6.23. The highest BCUT2D eigenvalue weighted by Gasteiger charge is 2.05. The molecule has 0 fully saturated rings. The summed E-state index contributed by atoms with van der Waals surface area (Å²) < 4.78 is 5.13. The molecule has 0 aliphatic carbocycles. The van der Waals surface area contributed by atoms with Crippen molar-refractivity contribution >= 4 is 17.7 Å². The molecule has 0 unspecified atom stereocenters. The fourth-order valence-corrected chi connectivity index (χ4v) is 2.37. The van der Waals surface area contributed by atoms with Gasteiger partial charge in [0.1, 0.15) is 11.6 Å². The quantitative estimate of drug-likeness (QED) is 0.669. The van der Waals surface area contributed by atoms with Crippen LogP contribution in [0, 0.1) is 6.92 Å². The Hall–Kier alpha value is -2.83. The van der Waals surface area contributed by atoms with Gasteiger partial charge in [-0.2, -0.15) is 4.98 Å². The largest absolute Gasteiger partial charge is 0.497 e. The van der Waals surface area contributed by atoms with Crippen LogP contribution in [0.15, 0.2) is 30.3 Å². The van der Waals surface area contributed by atoms with E-state index in [1.54, 1.807) is 7.11 Å². The summed E-state index contributed by atoms with van der Waals surface area (Å²) in [6, 6.07) is 9.68. The second-order valence-corrected chi connectivity index (χ2v) is 6.21. The highest BCUT2D eigenvalue weighted by atomic mass is 16.5. The van der Waals surface area contributed by atoms with E-state index in [1.165, 1.54) is 0 Å². The summed E-state index contributed by atoms with van der Waals surface area (Å²) >= 11 is 0. The van der Waals surface area contributed by atoms with Crippen molar-refractivity contribution in [2.75, 3.05) is 44.5 Å². The first-order valence-corrected chi connectivity index (χ1v) is 8.64. The Labute approximate surface area is 154 Å². The molecular formula is C19H27N5O2. The van der Waals surface area contributed by atoms with Crippen LogP contribution in [0.4, 0.5) is 11.8 Å². The smallest absolute Gasteiger partial charge is 0.224 e. The number of nitrogens with zero attached hydrogens (tertiary/aromatic N) is 3. The zero-order valence-electron chi connectivity index (χ0n) is 15.9. The normalized spacial score (nSPS) is 10.3. The molecule has 0 saturated heterocycles. The van der Waals surface area contributed by atoms with E-state index in [2.05, 4.69) is 20.6 Å². The molecule has 1 aromatic carbocycles. The number of benzene rings is 1. The predicted molar refractivity (Wildman–Crippen MR) is 104 cm³/mol. The number of carbonyl (C=O) groups is 1. The lowest BCUT2D eigenvalue weighted by molar-refractivity contribution is -0.120. The van der Waals surface area contributed by atoms with Gasteiger partial charge in [-0.1, -0.05) is 12.1 Å². The maximum atomic E-state index is 11.9. The van der Waals surface area contributed by atoms with Gasteiger partial charge in [0.15, 0.2) is 0 Å². The third-order valence-corrected chi connectivity index (χ3v) is 3.83. The number of ether oxygens (including phenoxy) is 1. The summed E-state index contributed by atoms with van der Waals surface area (Å²) in [6.07, 6.45) is 1.16. The van der Waals surface area contributed by atoms with Crippen LogP contribution in [0.1, 0.15) is 17.7 Å². The number of methoxy groups -OCH3 is 1. The van der Waals surface area contributed by atoms with E-state index in [1.807, 2.05) is 56.3 Å². The van der Waals surface area contributed by atoms with E-state index in [0.29, 0.717) is 31.9 Å². The van der Waals surface area contributed by atoms with E-state index >= 15 is 0 Å². The van der Waals surface area contributed by atoms with Crippen LogP contribution in [0.3, 0.4) is 0 Å². The van der Waals surface area contributed by atoms with E-state index < -0.39 is 0 Å². The molecule has 0 aliphatic rings. The third-order valence-electron chi connectivity index (χ3n) is 3.83. The minimum absolute atomic E-state index is 0.0294. The van der Waals surface area contributed by atoms with Crippen molar-refractivity contribution in [3.63, 3.8) is 0 Å². The van der Waals surface area contributed by atoms with E-state index in [0.717, 1.165) is 22.8 Å². The van der Waals surface area contributed by atoms with Gasteiger partial charge < -0.3 is 20.3 Å². The molecule has 7 nitrogen and oxygen atoms in total. The molecule has 2 aromatic rings. The van der Waals surface area contributed by atoms with Gasteiger partial charge in [0, 0.05) is 45.4 Å². The molecule has 0 bridgehead atoms. The fraction of sp³-hybridized carbons (Fsp3) is 0.421. The Bertz CT molecular complexity index is 716. The highest BCUT2D eigenvalue weighted by Crippen LogP contribution is 2.13. The maximum Gasteiger partial charge on any atom is 0.224 e. The van der Waals surface area contributed by atoms with Gasteiger partial charge in [0.2, 0.25) is 11.9 Å². The number of amides is 1. The zero-order valence-corrected chi connectivity index (χ0v) is 15.9. The fourth-order valence-electron chi connectivity index (χ4n) is 2.37. The lowest BCUT2D eigenvalue weighted by Gasteiger charge is -2.14. The number of anilines is 2. The minimum atomic E-state index is 0.0294. The van der Waals surface area contributed by atoms with Gasteiger partial charge in [0.25, 0.3) is 0 Å². The van der Waals surface area contributed by atoms with Crippen LogP contribution in [-0.4, -0.2) is 50.2 Å². The summed E-state index contributed by atoms with van der Waals surface area (Å²) in [6.45, 7) is 3.03. The van der Waals surface area contributed by atoms with Crippen molar-refractivity contribution < 1.29 is 9.53 Å². The van der Waals surface area contributed by atoms with Gasteiger partial charge in [-0.15, -0.1) is 0 Å². The van der Waals surface area contributed by atoms with Crippen molar-refractivity contribution in [2.45, 2.75) is 19.8 Å². The number of nitrogens with one attached hydrogen (secondary N) is 2. The van der Waals surface area contributed by atoms with Crippen LogP contribution in [0.5, 0.6) is 5.75 Å². The number of aryl methyl sites for hydroxylation is 2. The maximum absolute atomic E-state index is 11.9. The summed E-state index contributed by atoms with van der Waals surface area (Å²) in [7, 11) is 5.52. The molecule has 1 aromatic heterocycles. The van der Waals surface area contributed by atoms with Crippen molar-refractivity contribution in [2.24, 2.45) is 0 Å². The monoisotopic (exact) mass is 357 g/mol. The zero-order chi connectivity index (χ0) is 18.9. The van der Waals surface area contributed by atoms with E-state index in [4.69, 9.17) is 4.74 Å². The van der Waals surface area contributed by atoms with Crippen LogP contribution in [0.25, 0.3) is 0 Å². The van der Waals surface area contributed by atoms with E-state index in [-0.39, 0.29) is 5.91 Å². The number of aromatic nitrogens is 2. The minimum Gasteiger partial charge on any atom is -0.497 e. The molecule has 2 rings (SSSR count). The Kier molecular flexibility index (Phi) is 7.20. The molecule has 0 radical (unpaired) electrons. The van der Waals surface area contributed by atoms with E-state index in [9.17, 15) is 4.79 Å². The Morgan fingerprint density at radius 1 is 1.15 bits per heavy atom. The molecule has 0 spiro atoms. The number of hydrogen-bond donors (Lipinski definition) is 2. The standard InChI is InChI=1S/C19H27N5O2/c1-14-13-17(24(2)3)23-19(22-14)21-12-11-20-18(25)10-7-15-5-8-16(26-4)9-6-15/h5-6,8-9,13H,7,10-12H2,1-4H3,(H,20,25)(H,21,22,23). The number of hydrogen-bond acceptors (Lipinski definition) is 6. The first kappa shape index (κ1) is 19.5. The summed E-state index contributed by atoms with van der Waals surface area (Å²) in [5, 5.41) is 6.05. The SMILES string of the molecule is COc1ccc(CCC(=O)NCCNc2nc(C)cc(N(C)C)n2)cc1. The first-order valence-electron chi connectivity index (χ1n) is 8.64. The van der Waals surface area contributed by atoms with Crippen molar-refractivity contribution in [3.05, 3.63) is 41.6 Å². The molecule has 1 heterocycles. The lowest BCUT2D eigenvalue weighted by atomic mass is 10.1. The molecular weight excluding hydrogens is 330 g/mol. The van der Waals surface area contributed by atoms with Gasteiger partial charge in [-0.3, -0.25) is 4.79 Å². The highest BCUT2D eigenvalue weighted by molar-refractivity contribution is 5.76. The van der Waals surface area contributed by atoms with Crippen molar-refractivity contribution in [3.8, 4) is 5.75 Å². The second-order valence-electron chi connectivity index (χ2n) is 6.21. The van der Waals surface area contributed by atoms with Crippen LogP contribution in [0.2, 0.25) is 0 Å². The van der Waals surface area contributed by atoms with Crippen molar-refractivity contribution in [1.82, 2.24) is 15.3 Å². The molecule has 1 amide bonds. The topological polar surface area (TPSA) is 79.4 Å². The molecule has 0 aliphatic heterocycles. The number of rotatable bonds is 9. The van der Waals surface area contributed by atoms with Gasteiger partial charge in [-0.05, 0) is 31.0 Å². The average molecular weight is 357 g/mol.